The molecule has 0 unspecified atom stereocenters. The molecule has 0 atom stereocenters. The molecule has 3 nitrogen and oxygen atoms in total. The molecule has 0 aliphatic heterocycles. The predicted molar refractivity (Wildman–Crippen MR) is 90.8 cm³/mol. The molecule has 0 fully saturated rings. The number of anilines is 1. The minimum atomic E-state index is 0.609. The van der Waals surface area contributed by atoms with Crippen LogP contribution >= 0.6 is 27.5 Å². The normalized spacial score (nSPS) is 10.3. The number of ether oxygens (including phenoxy) is 2. The minimum Gasteiger partial charge on any atom is -0.493 e. The smallest absolute Gasteiger partial charge is 0.165 e. The van der Waals surface area contributed by atoms with Crippen LogP contribution in [0.15, 0.2) is 34.8 Å². The minimum absolute atomic E-state index is 0.609. The van der Waals surface area contributed by atoms with Crippen LogP contribution in [0, 0.1) is 6.92 Å². The summed E-state index contributed by atoms with van der Waals surface area (Å²) in [5.41, 5.74) is 2.99. The van der Waals surface area contributed by atoms with Crippen molar-refractivity contribution in [1.29, 1.82) is 0 Å². The average Bonchev–Trinajstić information content (AvgIpc) is 2.49. The Morgan fingerprint density at radius 3 is 2.62 bits per heavy atom. The summed E-state index contributed by atoms with van der Waals surface area (Å²) < 4.78 is 11.7. The van der Waals surface area contributed by atoms with E-state index in [2.05, 4.69) is 21.2 Å². The molecule has 5 heteroatoms. The average molecular weight is 371 g/mol. The van der Waals surface area contributed by atoms with Crippen molar-refractivity contribution in [2.24, 2.45) is 0 Å². The fourth-order valence-corrected chi connectivity index (χ4v) is 2.83. The van der Waals surface area contributed by atoms with E-state index in [1.165, 1.54) is 0 Å². The molecule has 0 heterocycles. The van der Waals surface area contributed by atoms with Crippen LogP contribution in [0.1, 0.15) is 11.1 Å². The molecule has 0 bridgehead atoms. The van der Waals surface area contributed by atoms with Gasteiger partial charge in [-0.2, -0.15) is 0 Å². The highest BCUT2D eigenvalue weighted by atomic mass is 79.9. The molecule has 2 aromatic rings. The first-order valence-electron chi connectivity index (χ1n) is 6.46. The summed E-state index contributed by atoms with van der Waals surface area (Å²) in [6.45, 7) is 2.58. The van der Waals surface area contributed by atoms with Crippen molar-refractivity contribution >= 4 is 33.2 Å². The molecule has 2 rings (SSSR count). The van der Waals surface area contributed by atoms with E-state index in [1.807, 2.05) is 37.3 Å². The van der Waals surface area contributed by atoms with Crippen molar-refractivity contribution in [2.75, 3.05) is 19.5 Å². The molecular weight excluding hydrogens is 354 g/mol. The van der Waals surface area contributed by atoms with E-state index in [0.29, 0.717) is 6.54 Å². The first kappa shape index (κ1) is 16.0. The van der Waals surface area contributed by atoms with Crippen molar-refractivity contribution in [3.63, 3.8) is 0 Å². The molecule has 21 heavy (non-hydrogen) atoms. The van der Waals surface area contributed by atoms with Crippen LogP contribution in [-0.4, -0.2) is 14.2 Å². The highest BCUT2D eigenvalue weighted by Gasteiger charge is 2.10. The number of hydrogen-bond donors (Lipinski definition) is 1. The Kier molecular flexibility index (Phi) is 5.37. The fourth-order valence-electron chi connectivity index (χ4n) is 2.07. The first-order valence-corrected chi connectivity index (χ1v) is 7.63. The SMILES string of the molecule is COc1cccc(CNc2cc(Cl)c(C)cc2Br)c1OC. The second-order valence-electron chi connectivity index (χ2n) is 4.59. The van der Waals surface area contributed by atoms with Gasteiger partial charge in [0.25, 0.3) is 0 Å². The number of halogens is 2. The van der Waals surface area contributed by atoms with Gasteiger partial charge in [0, 0.05) is 21.6 Å². The zero-order valence-electron chi connectivity index (χ0n) is 12.2. The fraction of sp³-hybridized carbons (Fsp3) is 0.250. The molecule has 0 amide bonds. The molecule has 0 aromatic heterocycles. The Labute approximate surface area is 138 Å². The van der Waals surface area contributed by atoms with Crippen LogP contribution in [0.3, 0.4) is 0 Å². The van der Waals surface area contributed by atoms with Gasteiger partial charge in [-0.1, -0.05) is 23.7 Å². The Hall–Kier alpha value is -1.39. The second kappa shape index (κ2) is 7.05. The summed E-state index contributed by atoms with van der Waals surface area (Å²) in [7, 11) is 3.27. The quantitative estimate of drug-likeness (QED) is 0.800. The number of rotatable bonds is 5. The highest BCUT2D eigenvalue weighted by molar-refractivity contribution is 9.10. The van der Waals surface area contributed by atoms with Crippen LogP contribution in [0.2, 0.25) is 5.02 Å². The lowest BCUT2D eigenvalue weighted by atomic mass is 10.1. The summed E-state index contributed by atoms with van der Waals surface area (Å²) in [4.78, 5) is 0. The van der Waals surface area contributed by atoms with E-state index in [4.69, 9.17) is 21.1 Å². The predicted octanol–water partition coefficient (Wildman–Crippen LogP) is 5.04. The number of methoxy groups -OCH3 is 2. The number of aryl methyl sites for hydroxylation is 1. The number of nitrogens with one attached hydrogen (secondary N) is 1. The van der Waals surface area contributed by atoms with Crippen LogP contribution < -0.4 is 14.8 Å². The van der Waals surface area contributed by atoms with Gasteiger partial charge in [-0.25, -0.2) is 0 Å². The van der Waals surface area contributed by atoms with Crippen molar-refractivity contribution in [2.45, 2.75) is 13.5 Å². The number of para-hydroxylation sites is 1. The summed E-state index contributed by atoms with van der Waals surface area (Å²) in [6, 6.07) is 9.72. The number of hydrogen-bond acceptors (Lipinski definition) is 3. The number of benzene rings is 2. The first-order chi connectivity index (χ1) is 10.1. The zero-order valence-corrected chi connectivity index (χ0v) is 14.5. The van der Waals surface area contributed by atoms with Gasteiger partial charge in [0.1, 0.15) is 0 Å². The van der Waals surface area contributed by atoms with E-state index >= 15 is 0 Å². The largest absolute Gasteiger partial charge is 0.493 e. The summed E-state index contributed by atoms with van der Waals surface area (Å²) in [5, 5.41) is 4.09. The lowest BCUT2D eigenvalue weighted by molar-refractivity contribution is 0.352. The van der Waals surface area contributed by atoms with Gasteiger partial charge >= 0.3 is 0 Å². The summed E-state index contributed by atoms with van der Waals surface area (Å²) in [6.07, 6.45) is 0. The van der Waals surface area contributed by atoms with Crippen molar-refractivity contribution in [1.82, 2.24) is 0 Å². The Bertz CT molecular complexity index is 646. The van der Waals surface area contributed by atoms with E-state index in [-0.39, 0.29) is 0 Å². The molecule has 0 saturated heterocycles. The van der Waals surface area contributed by atoms with Gasteiger partial charge in [0.05, 0.1) is 19.9 Å². The third-order valence-corrected chi connectivity index (χ3v) is 4.27. The molecule has 2 aromatic carbocycles. The lowest BCUT2D eigenvalue weighted by Gasteiger charge is -2.15. The molecule has 0 aliphatic carbocycles. The topological polar surface area (TPSA) is 30.5 Å². The standard InChI is InChI=1S/C16H17BrClNO2/c1-10-7-12(17)14(8-13(10)18)19-9-11-5-4-6-15(20-2)16(11)21-3/h4-8,19H,9H2,1-3H3. The molecule has 0 aliphatic rings. The van der Waals surface area contributed by atoms with Crippen LogP contribution in [0.4, 0.5) is 5.69 Å². The van der Waals surface area contributed by atoms with Gasteiger partial charge < -0.3 is 14.8 Å². The van der Waals surface area contributed by atoms with Gasteiger partial charge in [-0.05, 0) is 46.6 Å². The molecule has 0 saturated carbocycles. The highest BCUT2D eigenvalue weighted by Crippen LogP contribution is 2.33. The Morgan fingerprint density at radius 1 is 1.19 bits per heavy atom. The maximum Gasteiger partial charge on any atom is 0.165 e. The lowest BCUT2D eigenvalue weighted by Crippen LogP contribution is -2.03. The maximum absolute atomic E-state index is 6.17. The third-order valence-electron chi connectivity index (χ3n) is 3.20. The van der Waals surface area contributed by atoms with Crippen molar-refractivity contribution in [3.05, 3.63) is 51.0 Å². The summed E-state index contributed by atoms with van der Waals surface area (Å²) in [5.74, 6) is 1.46. The van der Waals surface area contributed by atoms with Crippen LogP contribution in [0.25, 0.3) is 0 Å². The van der Waals surface area contributed by atoms with Gasteiger partial charge in [-0.15, -0.1) is 0 Å². The van der Waals surface area contributed by atoms with Gasteiger partial charge in [-0.3, -0.25) is 0 Å². The zero-order chi connectivity index (χ0) is 15.4. The van der Waals surface area contributed by atoms with E-state index in [9.17, 15) is 0 Å². The second-order valence-corrected chi connectivity index (χ2v) is 5.85. The maximum atomic E-state index is 6.17. The van der Waals surface area contributed by atoms with E-state index in [1.54, 1.807) is 14.2 Å². The summed E-state index contributed by atoms with van der Waals surface area (Å²) >= 11 is 9.71. The van der Waals surface area contributed by atoms with Crippen molar-refractivity contribution in [3.8, 4) is 11.5 Å². The van der Waals surface area contributed by atoms with E-state index < -0.39 is 0 Å². The monoisotopic (exact) mass is 369 g/mol. The molecule has 0 spiro atoms. The molecule has 112 valence electrons. The van der Waals surface area contributed by atoms with E-state index in [0.717, 1.165) is 37.8 Å². The van der Waals surface area contributed by atoms with Crippen LogP contribution in [0.5, 0.6) is 11.5 Å². The molecule has 1 N–H and O–H groups in total. The van der Waals surface area contributed by atoms with Crippen LogP contribution in [-0.2, 0) is 6.54 Å². The van der Waals surface area contributed by atoms with Gasteiger partial charge in [0.2, 0.25) is 0 Å². The Balaban J connectivity index is 2.22. The molecule has 0 radical (unpaired) electrons. The van der Waals surface area contributed by atoms with Crippen molar-refractivity contribution < 1.29 is 9.47 Å². The Morgan fingerprint density at radius 2 is 1.95 bits per heavy atom. The van der Waals surface area contributed by atoms with Gasteiger partial charge in [0.15, 0.2) is 11.5 Å². The third kappa shape index (κ3) is 3.63. The molecular formula is C16H17BrClNO2.